The Morgan fingerprint density at radius 2 is 1.97 bits per heavy atom. The fourth-order valence-corrected chi connectivity index (χ4v) is 6.19. The van der Waals surface area contributed by atoms with E-state index < -0.39 is 22.1 Å². The van der Waals surface area contributed by atoms with Crippen LogP contribution in [0.2, 0.25) is 0 Å². The minimum absolute atomic E-state index is 0.148. The van der Waals surface area contributed by atoms with Gasteiger partial charge in [-0.1, -0.05) is 13.0 Å². The van der Waals surface area contributed by atoms with Gasteiger partial charge < -0.3 is 9.15 Å². The van der Waals surface area contributed by atoms with Gasteiger partial charge >= 0.3 is 5.97 Å². The molecule has 3 aromatic rings. The van der Waals surface area contributed by atoms with E-state index in [1.54, 1.807) is 26.8 Å². The van der Waals surface area contributed by atoms with Crippen LogP contribution in [0.1, 0.15) is 60.2 Å². The smallest absolute Gasteiger partial charge is 0.338 e. The highest BCUT2D eigenvalue weighted by Crippen LogP contribution is 2.30. The van der Waals surface area contributed by atoms with Crippen LogP contribution in [0.5, 0.6) is 0 Å². The normalized spacial score (nSPS) is 16.6. The second-order valence-corrected chi connectivity index (χ2v) is 11.3. The van der Waals surface area contributed by atoms with Crippen LogP contribution in [-0.2, 0) is 14.8 Å². The minimum atomic E-state index is -3.71. The Balaban J connectivity index is 1.55. The zero-order chi connectivity index (χ0) is 23.8. The Labute approximate surface area is 197 Å². The van der Waals surface area contributed by atoms with Gasteiger partial charge in [0.15, 0.2) is 6.10 Å². The fraction of sp³-hybridized carbons (Fsp3) is 0.435. The number of rotatable bonds is 6. The maximum absolute atomic E-state index is 13.3. The molecule has 1 atom stereocenters. The number of aryl methyl sites for hydroxylation is 1. The van der Waals surface area contributed by atoms with Crippen LogP contribution in [0.4, 0.5) is 0 Å². The van der Waals surface area contributed by atoms with Crippen molar-refractivity contribution in [1.29, 1.82) is 0 Å². The first kappa shape index (κ1) is 23.6. The van der Waals surface area contributed by atoms with E-state index >= 15 is 0 Å². The van der Waals surface area contributed by atoms with Crippen molar-refractivity contribution in [2.45, 2.75) is 51.5 Å². The molecule has 1 unspecified atom stereocenters. The molecule has 10 heteroatoms. The first-order chi connectivity index (χ1) is 15.7. The number of hydrogen-bond acceptors (Lipinski definition) is 8. The number of carbonyl (C=O) groups excluding carboxylic acids is 1. The summed E-state index contributed by atoms with van der Waals surface area (Å²) in [6, 6.07) is 6.80. The first-order valence-corrected chi connectivity index (χ1v) is 13.2. The summed E-state index contributed by atoms with van der Waals surface area (Å²) in [5.41, 5.74) is 1.52. The Bertz CT molecular complexity index is 1240. The summed E-state index contributed by atoms with van der Waals surface area (Å²) >= 11 is 1.47. The second kappa shape index (κ2) is 9.36. The number of ether oxygens (including phenoxy) is 1. The number of esters is 1. The Morgan fingerprint density at radius 1 is 1.24 bits per heavy atom. The van der Waals surface area contributed by atoms with Crippen LogP contribution < -0.4 is 0 Å². The van der Waals surface area contributed by atoms with Crippen molar-refractivity contribution < 1.29 is 22.4 Å². The molecule has 0 radical (unpaired) electrons. The molecule has 33 heavy (non-hydrogen) atoms. The molecule has 1 saturated heterocycles. The molecule has 0 saturated carbocycles. The molecule has 1 aromatic carbocycles. The summed E-state index contributed by atoms with van der Waals surface area (Å²) in [6.07, 6.45) is 0.867. The molecule has 4 rings (SSSR count). The molecule has 0 N–H and O–H groups in total. The number of benzene rings is 1. The van der Waals surface area contributed by atoms with Crippen molar-refractivity contribution in [3.63, 3.8) is 0 Å². The molecule has 0 spiro atoms. The van der Waals surface area contributed by atoms with Gasteiger partial charge in [-0.05, 0) is 74.2 Å². The monoisotopic (exact) mass is 489 g/mol. The van der Waals surface area contributed by atoms with E-state index in [9.17, 15) is 13.2 Å². The number of hydrogen-bond donors (Lipinski definition) is 0. The number of thiophene rings is 1. The predicted octanol–water partition coefficient (Wildman–Crippen LogP) is 4.75. The summed E-state index contributed by atoms with van der Waals surface area (Å²) in [6.45, 7) is 8.28. The first-order valence-electron chi connectivity index (χ1n) is 10.9. The lowest BCUT2D eigenvalue weighted by molar-refractivity contribution is 0.0279. The van der Waals surface area contributed by atoms with E-state index in [-0.39, 0.29) is 16.3 Å². The molecular weight excluding hydrogens is 462 g/mol. The van der Waals surface area contributed by atoms with Gasteiger partial charge in [-0.3, -0.25) is 0 Å². The number of nitrogens with zero attached hydrogens (tertiary/aromatic N) is 3. The van der Waals surface area contributed by atoms with Gasteiger partial charge in [-0.15, -0.1) is 21.5 Å². The third kappa shape index (κ3) is 4.87. The van der Waals surface area contributed by atoms with Crippen molar-refractivity contribution in [1.82, 2.24) is 14.5 Å². The summed E-state index contributed by atoms with van der Waals surface area (Å²) in [4.78, 5) is 13.9. The van der Waals surface area contributed by atoms with E-state index in [1.807, 2.05) is 17.5 Å². The van der Waals surface area contributed by atoms with Crippen LogP contribution in [0.25, 0.3) is 10.8 Å². The maximum Gasteiger partial charge on any atom is 0.338 e. The fourth-order valence-electron chi connectivity index (χ4n) is 3.75. The standard InChI is InChI=1S/C23H27N3O5S2/c1-14-7-9-26(10-8-14)33(28,29)20-13-18(12-15(2)16(20)3)23(27)30-17(4)21-24-25-22(31-21)19-6-5-11-32-19/h5-6,11-14,17H,7-10H2,1-4H3. The van der Waals surface area contributed by atoms with E-state index in [4.69, 9.17) is 9.15 Å². The maximum atomic E-state index is 13.3. The van der Waals surface area contributed by atoms with Gasteiger partial charge in [-0.25, -0.2) is 13.2 Å². The Morgan fingerprint density at radius 3 is 2.64 bits per heavy atom. The molecule has 1 fully saturated rings. The van der Waals surface area contributed by atoms with Gasteiger partial charge in [0.2, 0.25) is 10.0 Å². The molecular formula is C23H27N3O5S2. The van der Waals surface area contributed by atoms with Crippen molar-refractivity contribution in [3.8, 4) is 10.8 Å². The third-order valence-corrected chi connectivity index (χ3v) is 8.90. The third-order valence-electron chi connectivity index (χ3n) is 6.02. The quantitative estimate of drug-likeness (QED) is 0.460. The number of carbonyl (C=O) groups is 1. The molecule has 0 bridgehead atoms. The van der Waals surface area contributed by atoms with Crippen molar-refractivity contribution in [2.24, 2.45) is 5.92 Å². The van der Waals surface area contributed by atoms with Crippen LogP contribution >= 0.6 is 11.3 Å². The van der Waals surface area contributed by atoms with Crippen molar-refractivity contribution in [2.75, 3.05) is 13.1 Å². The van der Waals surface area contributed by atoms with Gasteiger partial charge in [0.1, 0.15) is 0 Å². The largest absolute Gasteiger partial charge is 0.449 e. The van der Waals surface area contributed by atoms with Crippen LogP contribution in [-0.4, -0.2) is 42.0 Å². The lowest BCUT2D eigenvalue weighted by atomic mass is 10.0. The van der Waals surface area contributed by atoms with E-state index in [2.05, 4.69) is 17.1 Å². The predicted molar refractivity (Wildman–Crippen MR) is 125 cm³/mol. The van der Waals surface area contributed by atoms with E-state index in [1.165, 1.54) is 21.7 Å². The molecule has 2 aromatic heterocycles. The van der Waals surface area contributed by atoms with Crippen molar-refractivity contribution in [3.05, 3.63) is 52.2 Å². The second-order valence-electron chi connectivity index (χ2n) is 8.47. The van der Waals surface area contributed by atoms with Gasteiger partial charge in [0, 0.05) is 13.1 Å². The summed E-state index contributed by atoms with van der Waals surface area (Å²) in [7, 11) is -3.71. The number of piperidine rings is 1. The molecule has 8 nitrogen and oxygen atoms in total. The van der Waals surface area contributed by atoms with Crippen molar-refractivity contribution >= 4 is 27.3 Å². The molecule has 176 valence electrons. The lowest BCUT2D eigenvalue weighted by Gasteiger charge is -2.30. The number of sulfonamides is 1. The molecule has 1 aliphatic heterocycles. The minimum Gasteiger partial charge on any atom is -0.449 e. The molecule has 1 aliphatic rings. The SMILES string of the molecule is Cc1cc(C(=O)OC(C)c2nnc(-c3cccs3)o2)cc(S(=O)(=O)N2CCC(C)CC2)c1C. The summed E-state index contributed by atoms with van der Waals surface area (Å²) in [5.74, 6) is 0.390. The lowest BCUT2D eigenvalue weighted by Crippen LogP contribution is -2.38. The average Bonchev–Trinajstić information content (AvgIpc) is 3.47. The number of aromatic nitrogens is 2. The van der Waals surface area contributed by atoms with Crippen LogP contribution in [0.15, 0.2) is 39.0 Å². The highest BCUT2D eigenvalue weighted by Gasteiger charge is 2.31. The van der Waals surface area contributed by atoms with Crippen LogP contribution in [0, 0.1) is 19.8 Å². The van der Waals surface area contributed by atoms with Gasteiger partial charge in [-0.2, -0.15) is 4.31 Å². The van der Waals surface area contributed by atoms with Gasteiger partial charge in [0.25, 0.3) is 11.8 Å². The highest BCUT2D eigenvalue weighted by atomic mass is 32.2. The Hall–Kier alpha value is -2.56. The summed E-state index contributed by atoms with van der Waals surface area (Å²) in [5, 5.41) is 9.89. The highest BCUT2D eigenvalue weighted by molar-refractivity contribution is 7.89. The zero-order valence-corrected chi connectivity index (χ0v) is 20.7. The molecule has 0 aliphatic carbocycles. The van der Waals surface area contributed by atoms with Crippen LogP contribution in [0.3, 0.4) is 0 Å². The van der Waals surface area contributed by atoms with Gasteiger partial charge in [0.05, 0.1) is 15.3 Å². The topological polar surface area (TPSA) is 103 Å². The molecule has 3 heterocycles. The molecule has 0 amide bonds. The zero-order valence-electron chi connectivity index (χ0n) is 19.1. The Kier molecular flexibility index (Phi) is 6.69. The summed E-state index contributed by atoms with van der Waals surface area (Å²) < 4.78 is 39.4. The van der Waals surface area contributed by atoms with E-state index in [0.717, 1.165) is 17.7 Å². The van der Waals surface area contributed by atoms with E-state index in [0.29, 0.717) is 36.0 Å². The average molecular weight is 490 g/mol.